The number of carboxylic acid groups (broad SMARTS) is 1. The summed E-state index contributed by atoms with van der Waals surface area (Å²) in [6, 6.07) is 15.7. The first kappa shape index (κ1) is 23.8. The molecule has 0 saturated carbocycles. The molecule has 3 N–H and O–H groups in total. The van der Waals surface area contributed by atoms with E-state index in [-0.39, 0.29) is 38.0 Å². The first-order valence-corrected chi connectivity index (χ1v) is 11.6. The Bertz CT molecular complexity index is 1020. The maximum absolute atomic E-state index is 13.0. The molecule has 0 bridgehead atoms. The summed E-state index contributed by atoms with van der Waals surface area (Å²) in [5.74, 6) is -1.36. The summed E-state index contributed by atoms with van der Waals surface area (Å²) in [4.78, 5) is 36.6. The number of carboxylic acids is 1. The largest absolute Gasteiger partial charge is 0.481 e. The van der Waals surface area contributed by atoms with Gasteiger partial charge in [-0.25, -0.2) is 4.79 Å². The van der Waals surface area contributed by atoms with Crippen LogP contribution >= 0.6 is 0 Å². The second-order valence-corrected chi connectivity index (χ2v) is 9.09. The molecular formula is C26H30N2O6. The van der Waals surface area contributed by atoms with Crippen LogP contribution in [0.3, 0.4) is 0 Å². The molecule has 8 nitrogen and oxygen atoms in total. The Labute approximate surface area is 198 Å². The van der Waals surface area contributed by atoms with Gasteiger partial charge in [-0.1, -0.05) is 48.5 Å². The zero-order valence-electron chi connectivity index (χ0n) is 19.2. The molecule has 0 radical (unpaired) electrons. The average molecular weight is 467 g/mol. The molecule has 2 aromatic carbocycles. The number of rotatable bonds is 8. The Morgan fingerprint density at radius 1 is 1.12 bits per heavy atom. The van der Waals surface area contributed by atoms with Crippen LogP contribution in [0.4, 0.5) is 4.79 Å². The highest BCUT2D eigenvalue weighted by atomic mass is 16.5. The van der Waals surface area contributed by atoms with Gasteiger partial charge in [0.25, 0.3) is 0 Å². The Morgan fingerprint density at radius 2 is 1.76 bits per heavy atom. The van der Waals surface area contributed by atoms with Gasteiger partial charge in [0, 0.05) is 25.1 Å². The maximum Gasteiger partial charge on any atom is 0.407 e. The van der Waals surface area contributed by atoms with E-state index in [4.69, 9.17) is 14.6 Å². The van der Waals surface area contributed by atoms with E-state index in [1.54, 1.807) is 6.92 Å². The molecule has 2 amide bonds. The Hall–Kier alpha value is -3.39. The van der Waals surface area contributed by atoms with Crippen LogP contribution in [-0.2, 0) is 19.1 Å². The van der Waals surface area contributed by atoms with Crippen LogP contribution < -0.4 is 10.6 Å². The summed E-state index contributed by atoms with van der Waals surface area (Å²) in [6.07, 6.45) is 0.427. The van der Waals surface area contributed by atoms with Crippen molar-refractivity contribution < 1.29 is 29.0 Å². The monoisotopic (exact) mass is 466 g/mol. The van der Waals surface area contributed by atoms with Gasteiger partial charge in [0.15, 0.2) is 0 Å². The minimum absolute atomic E-state index is 0.0507. The molecule has 4 rings (SSSR count). The van der Waals surface area contributed by atoms with E-state index in [0.29, 0.717) is 19.4 Å². The van der Waals surface area contributed by atoms with E-state index in [1.165, 1.54) is 0 Å². The van der Waals surface area contributed by atoms with Crippen molar-refractivity contribution >= 4 is 18.0 Å². The zero-order chi connectivity index (χ0) is 24.1. The van der Waals surface area contributed by atoms with Gasteiger partial charge in [-0.2, -0.15) is 0 Å². The Kier molecular flexibility index (Phi) is 7.17. The summed E-state index contributed by atoms with van der Waals surface area (Å²) in [5, 5.41) is 14.5. The average Bonchev–Trinajstić information content (AvgIpc) is 3.15. The Morgan fingerprint density at radius 3 is 2.35 bits per heavy atom. The second-order valence-electron chi connectivity index (χ2n) is 9.09. The number of fused-ring (bicyclic) bond motifs is 3. The highest BCUT2D eigenvalue weighted by Gasteiger charge is 2.41. The van der Waals surface area contributed by atoms with E-state index in [9.17, 15) is 14.4 Å². The number of amides is 2. The molecule has 2 atom stereocenters. The van der Waals surface area contributed by atoms with Crippen LogP contribution in [0.5, 0.6) is 0 Å². The third kappa shape index (κ3) is 5.07. The van der Waals surface area contributed by atoms with Crippen molar-refractivity contribution in [2.24, 2.45) is 5.41 Å². The predicted molar refractivity (Wildman–Crippen MR) is 125 cm³/mol. The van der Waals surface area contributed by atoms with Crippen molar-refractivity contribution in [3.8, 4) is 11.1 Å². The standard InChI is InChI=1S/C26H30N2O6/c1-17(13-23(29)30)28-24(31)26(11-6-12-33-16-26)15-27-25(32)34-14-22-20-9-4-2-7-18(20)19-8-3-5-10-21(19)22/h2-5,7-10,17,22H,6,11-16H2,1H3,(H,27,32)(H,28,31)(H,29,30)/t17-,26?/m1/s1. The number of aliphatic carboxylic acids is 1. The molecule has 34 heavy (non-hydrogen) atoms. The fraction of sp³-hybridized carbons (Fsp3) is 0.423. The van der Waals surface area contributed by atoms with Crippen LogP contribution in [0, 0.1) is 5.41 Å². The number of benzene rings is 2. The lowest BCUT2D eigenvalue weighted by Crippen LogP contribution is -2.54. The fourth-order valence-electron chi connectivity index (χ4n) is 4.83. The van der Waals surface area contributed by atoms with E-state index >= 15 is 0 Å². The van der Waals surface area contributed by atoms with Gasteiger partial charge in [-0.3, -0.25) is 9.59 Å². The molecule has 0 spiro atoms. The lowest BCUT2D eigenvalue weighted by Gasteiger charge is -2.36. The number of ether oxygens (including phenoxy) is 2. The molecule has 1 unspecified atom stereocenters. The highest BCUT2D eigenvalue weighted by molar-refractivity contribution is 5.84. The number of hydrogen-bond donors (Lipinski definition) is 3. The number of nitrogens with one attached hydrogen (secondary N) is 2. The van der Waals surface area contributed by atoms with Crippen molar-refractivity contribution in [3.05, 3.63) is 59.7 Å². The third-order valence-corrected chi connectivity index (χ3v) is 6.58. The maximum atomic E-state index is 13.0. The zero-order valence-corrected chi connectivity index (χ0v) is 19.2. The van der Waals surface area contributed by atoms with Crippen LogP contribution in [0.1, 0.15) is 43.2 Å². The summed E-state index contributed by atoms with van der Waals surface area (Å²) in [7, 11) is 0. The van der Waals surface area contributed by atoms with Gasteiger partial charge in [0.2, 0.25) is 5.91 Å². The quantitative estimate of drug-likeness (QED) is 0.550. The van der Waals surface area contributed by atoms with Crippen LogP contribution in [-0.4, -0.2) is 55.5 Å². The van der Waals surface area contributed by atoms with Gasteiger partial charge in [-0.15, -0.1) is 0 Å². The summed E-state index contributed by atoms with van der Waals surface area (Å²) >= 11 is 0. The van der Waals surface area contributed by atoms with Gasteiger partial charge >= 0.3 is 12.1 Å². The van der Waals surface area contributed by atoms with Crippen molar-refractivity contribution in [3.63, 3.8) is 0 Å². The summed E-state index contributed by atoms with van der Waals surface area (Å²) < 4.78 is 11.1. The lowest BCUT2D eigenvalue weighted by atomic mass is 9.81. The highest BCUT2D eigenvalue weighted by Crippen LogP contribution is 2.44. The van der Waals surface area contributed by atoms with Crippen molar-refractivity contribution in [1.82, 2.24) is 10.6 Å². The first-order valence-electron chi connectivity index (χ1n) is 11.6. The minimum Gasteiger partial charge on any atom is -0.481 e. The number of carbonyl (C=O) groups is 3. The fourth-order valence-corrected chi connectivity index (χ4v) is 4.83. The molecular weight excluding hydrogens is 436 g/mol. The summed E-state index contributed by atoms with van der Waals surface area (Å²) in [5.41, 5.74) is 3.59. The van der Waals surface area contributed by atoms with Crippen LogP contribution in [0.15, 0.2) is 48.5 Å². The first-order chi connectivity index (χ1) is 16.4. The van der Waals surface area contributed by atoms with Crippen LogP contribution in [0.25, 0.3) is 11.1 Å². The van der Waals surface area contributed by atoms with Crippen molar-refractivity contribution in [2.45, 2.75) is 38.1 Å². The molecule has 180 valence electrons. The topological polar surface area (TPSA) is 114 Å². The Balaban J connectivity index is 1.38. The van der Waals surface area contributed by atoms with E-state index < -0.39 is 23.5 Å². The van der Waals surface area contributed by atoms with Crippen molar-refractivity contribution in [2.75, 3.05) is 26.4 Å². The molecule has 0 aromatic heterocycles. The van der Waals surface area contributed by atoms with Gasteiger partial charge in [0.1, 0.15) is 6.61 Å². The van der Waals surface area contributed by atoms with Gasteiger partial charge < -0.3 is 25.2 Å². The molecule has 8 heteroatoms. The number of hydrogen-bond acceptors (Lipinski definition) is 5. The van der Waals surface area contributed by atoms with Gasteiger partial charge in [0.05, 0.1) is 18.4 Å². The third-order valence-electron chi connectivity index (χ3n) is 6.58. The minimum atomic E-state index is -0.987. The molecule has 2 aromatic rings. The molecule has 1 heterocycles. The molecule has 2 aliphatic rings. The predicted octanol–water partition coefficient (Wildman–Crippen LogP) is 3.30. The van der Waals surface area contributed by atoms with E-state index in [0.717, 1.165) is 22.3 Å². The molecule has 1 saturated heterocycles. The van der Waals surface area contributed by atoms with E-state index in [1.807, 2.05) is 24.3 Å². The van der Waals surface area contributed by atoms with Crippen LogP contribution in [0.2, 0.25) is 0 Å². The van der Waals surface area contributed by atoms with Gasteiger partial charge in [-0.05, 0) is 42.0 Å². The molecule has 1 aliphatic carbocycles. The van der Waals surface area contributed by atoms with Crippen molar-refractivity contribution in [1.29, 1.82) is 0 Å². The molecule has 1 fully saturated rings. The SMILES string of the molecule is C[C@H](CC(=O)O)NC(=O)C1(CNC(=O)OCC2c3ccccc3-c3ccccc32)CCCOC1. The molecule has 1 aliphatic heterocycles. The number of carbonyl (C=O) groups excluding carboxylic acids is 2. The summed E-state index contributed by atoms with van der Waals surface area (Å²) in [6.45, 7) is 2.58. The van der Waals surface area contributed by atoms with E-state index in [2.05, 4.69) is 34.9 Å². The normalized spacial score (nSPS) is 20.0. The number of alkyl carbamates (subject to hydrolysis) is 1. The lowest BCUT2D eigenvalue weighted by molar-refractivity contribution is -0.140. The smallest absolute Gasteiger partial charge is 0.407 e. The second kappa shape index (κ2) is 10.3.